The van der Waals surface area contributed by atoms with Gasteiger partial charge in [-0.3, -0.25) is 9.36 Å². The Labute approximate surface area is 183 Å². The van der Waals surface area contributed by atoms with Crippen LogP contribution < -0.4 is 4.74 Å². The minimum Gasteiger partial charge on any atom is -0.494 e. The minimum absolute atomic E-state index is 0.280. The minimum atomic E-state index is -0.362. The number of hydrogen-bond donors (Lipinski definition) is 0. The summed E-state index contributed by atoms with van der Waals surface area (Å²) in [6, 6.07) is 9.48. The van der Waals surface area contributed by atoms with Gasteiger partial charge in [-0.15, -0.1) is 10.2 Å². The zero-order valence-corrected chi connectivity index (χ0v) is 18.7. The Morgan fingerprint density at radius 2 is 1.87 bits per heavy atom. The van der Waals surface area contributed by atoms with E-state index in [9.17, 15) is 4.79 Å². The molecule has 0 spiro atoms. The van der Waals surface area contributed by atoms with Crippen molar-refractivity contribution in [1.29, 1.82) is 0 Å². The summed E-state index contributed by atoms with van der Waals surface area (Å²) >= 11 is 2.81. The number of aromatic nitrogens is 5. The second-order valence-corrected chi connectivity index (χ2v) is 8.13. The van der Waals surface area contributed by atoms with Crippen molar-refractivity contribution in [2.45, 2.75) is 41.6 Å². The average Bonchev–Trinajstić information content (AvgIpc) is 3.19. The van der Waals surface area contributed by atoms with Gasteiger partial charge in [0.25, 0.3) is 0 Å². The van der Waals surface area contributed by atoms with Crippen LogP contribution in [0.1, 0.15) is 26.1 Å². The molecule has 0 N–H and O–H groups in total. The number of benzene rings is 1. The van der Waals surface area contributed by atoms with E-state index in [0.29, 0.717) is 29.1 Å². The number of esters is 1. The van der Waals surface area contributed by atoms with E-state index in [0.717, 1.165) is 17.3 Å². The molecule has 0 radical (unpaired) electrons. The first kappa shape index (κ1) is 22.1. The quantitative estimate of drug-likeness (QED) is 0.262. The van der Waals surface area contributed by atoms with Crippen molar-refractivity contribution in [2.24, 2.45) is 0 Å². The van der Waals surface area contributed by atoms with Crippen molar-refractivity contribution < 1.29 is 14.3 Å². The molecular formula is C20H23N5O3S2. The zero-order valence-electron chi connectivity index (χ0n) is 17.0. The molecular weight excluding hydrogens is 422 g/mol. The fourth-order valence-corrected chi connectivity index (χ4v) is 4.37. The van der Waals surface area contributed by atoms with E-state index in [4.69, 9.17) is 9.47 Å². The molecule has 0 fully saturated rings. The van der Waals surface area contributed by atoms with Crippen LogP contribution in [-0.4, -0.2) is 49.7 Å². The van der Waals surface area contributed by atoms with E-state index >= 15 is 0 Å². The highest BCUT2D eigenvalue weighted by Crippen LogP contribution is 2.30. The van der Waals surface area contributed by atoms with Gasteiger partial charge >= 0.3 is 5.97 Å². The topological polar surface area (TPSA) is 92.0 Å². The monoisotopic (exact) mass is 445 g/mol. The Morgan fingerprint density at radius 3 is 2.50 bits per heavy atom. The normalized spacial score (nSPS) is 11.8. The van der Waals surface area contributed by atoms with Gasteiger partial charge in [-0.1, -0.05) is 30.4 Å². The standard InChI is InChI=1S/C20H23N5O3S2/c1-4-16(18(26)27-3)30-20-24-23-17(13-29-19-21-11-6-12-22-19)25(20)14-7-9-15(10-8-14)28-5-2/h6-12,16H,4-5,13H2,1-3H3. The maximum absolute atomic E-state index is 12.1. The van der Waals surface area contributed by atoms with Gasteiger partial charge in [-0.25, -0.2) is 9.97 Å². The number of thioether (sulfide) groups is 2. The molecule has 2 heterocycles. The lowest BCUT2D eigenvalue weighted by Gasteiger charge is -2.14. The molecule has 30 heavy (non-hydrogen) atoms. The number of nitrogens with zero attached hydrogens (tertiary/aromatic N) is 5. The largest absolute Gasteiger partial charge is 0.494 e. The lowest BCUT2D eigenvalue weighted by Crippen LogP contribution is -2.18. The van der Waals surface area contributed by atoms with Gasteiger partial charge in [0, 0.05) is 18.1 Å². The van der Waals surface area contributed by atoms with E-state index < -0.39 is 0 Å². The molecule has 158 valence electrons. The van der Waals surface area contributed by atoms with Crippen LogP contribution in [0.5, 0.6) is 5.75 Å². The van der Waals surface area contributed by atoms with Crippen LogP contribution in [0.15, 0.2) is 53.0 Å². The molecule has 0 amide bonds. The summed E-state index contributed by atoms with van der Waals surface area (Å²) < 4.78 is 12.4. The van der Waals surface area contributed by atoms with Crippen LogP contribution in [0.4, 0.5) is 0 Å². The van der Waals surface area contributed by atoms with Gasteiger partial charge in [0.2, 0.25) is 0 Å². The molecule has 2 aromatic heterocycles. The van der Waals surface area contributed by atoms with Gasteiger partial charge < -0.3 is 9.47 Å². The summed E-state index contributed by atoms with van der Waals surface area (Å²) in [5.74, 6) is 1.77. The van der Waals surface area contributed by atoms with Crippen molar-refractivity contribution >= 4 is 29.5 Å². The van der Waals surface area contributed by atoms with E-state index in [-0.39, 0.29) is 11.2 Å². The summed E-state index contributed by atoms with van der Waals surface area (Å²) in [5.41, 5.74) is 0.884. The molecule has 10 heteroatoms. The van der Waals surface area contributed by atoms with Crippen molar-refractivity contribution in [3.05, 3.63) is 48.5 Å². The molecule has 1 atom stereocenters. The van der Waals surface area contributed by atoms with Crippen LogP contribution in [0.25, 0.3) is 5.69 Å². The highest BCUT2D eigenvalue weighted by atomic mass is 32.2. The summed E-state index contributed by atoms with van der Waals surface area (Å²) in [7, 11) is 1.39. The summed E-state index contributed by atoms with van der Waals surface area (Å²) in [6.07, 6.45) is 4.03. The second-order valence-electron chi connectivity index (χ2n) is 6.02. The Hall–Kier alpha value is -2.59. The smallest absolute Gasteiger partial charge is 0.319 e. The third-order valence-electron chi connectivity index (χ3n) is 4.06. The van der Waals surface area contributed by atoms with Crippen LogP contribution in [0.3, 0.4) is 0 Å². The van der Waals surface area contributed by atoms with Gasteiger partial charge in [-0.05, 0) is 43.7 Å². The first-order chi connectivity index (χ1) is 14.7. The van der Waals surface area contributed by atoms with Gasteiger partial charge in [0.15, 0.2) is 10.3 Å². The molecule has 0 aliphatic carbocycles. The average molecular weight is 446 g/mol. The first-order valence-electron chi connectivity index (χ1n) is 9.48. The third kappa shape index (κ3) is 5.51. The van der Waals surface area contributed by atoms with E-state index in [1.165, 1.54) is 30.6 Å². The van der Waals surface area contributed by atoms with Crippen molar-refractivity contribution in [2.75, 3.05) is 13.7 Å². The molecule has 3 rings (SSSR count). The maximum atomic E-state index is 12.1. The molecule has 0 saturated carbocycles. The lowest BCUT2D eigenvalue weighted by molar-refractivity contribution is -0.140. The molecule has 0 aliphatic heterocycles. The highest BCUT2D eigenvalue weighted by Gasteiger charge is 2.24. The Balaban J connectivity index is 1.91. The summed E-state index contributed by atoms with van der Waals surface area (Å²) in [4.78, 5) is 20.6. The number of methoxy groups -OCH3 is 1. The Bertz CT molecular complexity index is 951. The predicted octanol–water partition coefficient (Wildman–Crippen LogP) is 3.79. The van der Waals surface area contributed by atoms with E-state index in [1.54, 1.807) is 18.5 Å². The van der Waals surface area contributed by atoms with Crippen molar-refractivity contribution in [1.82, 2.24) is 24.7 Å². The molecule has 1 unspecified atom stereocenters. The van der Waals surface area contributed by atoms with Crippen LogP contribution >= 0.6 is 23.5 Å². The molecule has 0 saturated heterocycles. The van der Waals surface area contributed by atoms with Crippen LogP contribution in [0, 0.1) is 0 Å². The summed E-state index contributed by atoms with van der Waals surface area (Å²) in [6.45, 7) is 4.49. The number of hydrogen-bond acceptors (Lipinski definition) is 9. The number of carbonyl (C=O) groups excluding carboxylic acids is 1. The van der Waals surface area contributed by atoms with Crippen molar-refractivity contribution in [3.8, 4) is 11.4 Å². The lowest BCUT2D eigenvalue weighted by atomic mass is 10.3. The predicted molar refractivity (Wildman–Crippen MR) is 116 cm³/mol. The number of rotatable bonds is 10. The second kappa shape index (κ2) is 11.0. The Kier molecular flexibility index (Phi) is 8.09. The zero-order chi connectivity index (χ0) is 21.3. The van der Waals surface area contributed by atoms with E-state index in [1.807, 2.05) is 42.7 Å². The SMILES string of the molecule is CCOc1ccc(-n2c(CSc3ncccn3)nnc2SC(CC)C(=O)OC)cc1. The molecule has 3 aromatic rings. The summed E-state index contributed by atoms with van der Waals surface area (Å²) in [5, 5.41) is 9.65. The fraction of sp³-hybridized carbons (Fsp3) is 0.350. The highest BCUT2D eigenvalue weighted by molar-refractivity contribution is 8.00. The fourth-order valence-electron chi connectivity index (χ4n) is 2.63. The molecule has 8 nitrogen and oxygen atoms in total. The maximum Gasteiger partial charge on any atom is 0.319 e. The number of carbonyl (C=O) groups is 1. The number of ether oxygens (including phenoxy) is 2. The van der Waals surface area contributed by atoms with E-state index in [2.05, 4.69) is 20.2 Å². The van der Waals surface area contributed by atoms with Gasteiger partial charge in [0.05, 0.1) is 19.5 Å². The van der Waals surface area contributed by atoms with Gasteiger partial charge in [-0.2, -0.15) is 0 Å². The third-order valence-corrected chi connectivity index (χ3v) is 6.22. The Morgan fingerprint density at radius 1 is 1.13 bits per heavy atom. The first-order valence-corrected chi connectivity index (χ1v) is 11.3. The molecule has 0 aliphatic rings. The molecule has 0 bridgehead atoms. The van der Waals surface area contributed by atoms with Crippen LogP contribution in [-0.2, 0) is 15.3 Å². The van der Waals surface area contributed by atoms with Crippen LogP contribution in [0.2, 0.25) is 0 Å². The molecule has 1 aromatic carbocycles. The van der Waals surface area contributed by atoms with Crippen molar-refractivity contribution in [3.63, 3.8) is 0 Å². The van der Waals surface area contributed by atoms with Gasteiger partial charge in [0.1, 0.15) is 16.8 Å².